The van der Waals surface area contributed by atoms with Gasteiger partial charge in [0.15, 0.2) is 11.5 Å². The van der Waals surface area contributed by atoms with E-state index in [0.29, 0.717) is 29.4 Å². The van der Waals surface area contributed by atoms with Gasteiger partial charge in [-0.1, -0.05) is 12.8 Å². The summed E-state index contributed by atoms with van der Waals surface area (Å²) in [5, 5.41) is 9.69. The summed E-state index contributed by atoms with van der Waals surface area (Å²) in [5.41, 5.74) is 0.466. The van der Waals surface area contributed by atoms with Gasteiger partial charge in [0.1, 0.15) is 6.04 Å². The van der Waals surface area contributed by atoms with Gasteiger partial charge in [0, 0.05) is 11.6 Å². The summed E-state index contributed by atoms with van der Waals surface area (Å²) >= 11 is 0. The number of carbonyl (C=O) groups excluding carboxylic acids is 1. The van der Waals surface area contributed by atoms with Crippen LogP contribution in [-0.4, -0.2) is 47.2 Å². The Kier molecular flexibility index (Phi) is 5.47. The van der Waals surface area contributed by atoms with E-state index in [9.17, 15) is 14.7 Å². The Hall–Kier alpha value is -2.24. The van der Waals surface area contributed by atoms with Crippen LogP contribution in [0.15, 0.2) is 18.2 Å². The van der Waals surface area contributed by atoms with Crippen LogP contribution >= 0.6 is 0 Å². The predicted molar refractivity (Wildman–Crippen MR) is 104 cm³/mol. The number of nitrogens with zero attached hydrogens (tertiary/aromatic N) is 1. The van der Waals surface area contributed by atoms with Crippen LogP contribution in [0.5, 0.6) is 11.5 Å². The van der Waals surface area contributed by atoms with E-state index in [4.69, 9.17) is 9.47 Å². The first-order chi connectivity index (χ1) is 13.6. The third-order valence-corrected chi connectivity index (χ3v) is 6.61. The molecule has 152 valence electrons. The quantitative estimate of drug-likeness (QED) is 0.830. The van der Waals surface area contributed by atoms with Gasteiger partial charge in [-0.25, -0.2) is 4.79 Å². The molecule has 2 saturated carbocycles. The van der Waals surface area contributed by atoms with Crippen molar-refractivity contribution in [3.05, 3.63) is 23.8 Å². The predicted octanol–water partition coefficient (Wildman–Crippen LogP) is 3.87. The van der Waals surface area contributed by atoms with Crippen molar-refractivity contribution in [1.29, 1.82) is 0 Å². The molecule has 6 nitrogen and oxygen atoms in total. The highest BCUT2D eigenvalue weighted by Crippen LogP contribution is 2.41. The van der Waals surface area contributed by atoms with Gasteiger partial charge in [0.25, 0.3) is 5.91 Å². The molecule has 1 saturated heterocycles. The molecule has 4 rings (SSSR count). The molecule has 3 atom stereocenters. The Bertz CT molecular complexity index is 742. The normalized spacial score (nSPS) is 27.5. The lowest BCUT2D eigenvalue weighted by Crippen LogP contribution is -2.46. The van der Waals surface area contributed by atoms with Crippen LogP contribution in [0.1, 0.15) is 68.1 Å². The van der Waals surface area contributed by atoms with E-state index in [1.807, 2.05) is 0 Å². The van der Waals surface area contributed by atoms with Crippen molar-refractivity contribution in [1.82, 2.24) is 4.90 Å². The smallest absolute Gasteiger partial charge is 0.326 e. The fourth-order valence-electron chi connectivity index (χ4n) is 5.21. The zero-order valence-electron chi connectivity index (χ0n) is 16.4. The lowest BCUT2D eigenvalue weighted by atomic mass is 9.84. The van der Waals surface area contributed by atoms with Crippen molar-refractivity contribution in [2.24, 2.45) is 5.92 Å². The molecule has 28 heavy (non-hydrogen) atoms. The van der Waals surface area contributed by atoms with E-state index < -0.39 is 12.0 Å². The Morgan fingerprint density at radius 3 is 2.46 bits per heavy atom. The maximum absolute atomic E-state index is 13.3. The van der Waals surface area contributed by atoms with Crippen LogP contribution in [-0.2, 0) is 4.79 Å². The first-order valence-electron chi connectivity index (χ1n) is 10.5. The summed E-state index contributed by atoms with van der Waals surface area (Å²) < 4.78 is 11.5. The number of likely N-dealkylation sites (tertiary alicyclic amines) is 1. The number of carboxylic acids is 1. The third kappa shape index (κ3) is 3.56. The van der Waals surface area contributed by atoms with Gasteiger partial charge in [-0.05, 0) is 69.1 Å². The molecule has 2 aliphatic carbocycles. The average molecular weight is 387 g/mol. The summed E-state index contributed by atoms with van der Waals surface area (Å²) in [6.07, 6.45) is 9.28. The van der Waals surface area contributed by atoms with Crippen LogP contribution < -0.4 is 9.47 Å². The molecular weight excluding hydrogens is 358 g/mol. The molecule has 6 heteroatoms. The molecule has 0 aromatic heterocycles. The number of hydrogen-bond acceptors (Lipinski definition) is 4. The molecule has 1 aromatic carbocycles. The van der Waals surface area contributed by atoms with Gasteiger partial charge in [-0.2, -0.15) is 0 Å². The maximum Gasteiger partial charge on any atom is 0.326 e. The van der Waals surface area contributed by atoms with Crippen LogP contribution in [0.3, 0.4) is 0 Å². The molecular formula is C22H29NO5. The van der Waals surface area contributed by atoms with Gasteiger partial charge in [0.05, 0.1) is 13.2 Å². The minimum absolute atomic E-state index is 0.0303. The monoisotopic (exact) mass is 387 g/mol. The van der Waals surface area contributed by atoms with Crippen molar-refractivity contribution in [2.45, 2.75) is 76.0 Å². The molecule has 1 aromatic rings. The summed E-state index contributed by atoms with van der Waals surface area (Å²) in [5.74, 6) is 0.357. The number of methoxy groups -OCH3 is 1. The van der Waals surface area contributed by atoms with E-state index >= 15 is 0 Å². The standard InChI is InChI=1S/C22H29NO5/c1-27-20-13-15(10-11-19(20)28-16-7-3-4-8-16)21(24)23-17-9-5-2-6-14(17)12-18(23)22(25)26/h10-11,13-14,16-18H,2-9,12H2,1H3,(H,25,26). The van der Waals surface area contributed by atoms with Gasteiger partial charge in [-0.15, -0.1) is 0 Å². The summed E-state index contributed by atoms with van der Waals surface area (Å²) in [7, 11) is 1.57. The van der Waals surface area contributed by atoms with Crippen molar-refractivity contribution >= 4 is 11.9 Å². The molecule has 1 heterocycles. The molecule has 0 spiro atoms. The minimum atomic E-state index is -0.907. The number of aliphatic carboxylic acids is 1. The van der Waals surface area contributed by atoms with Gasteiger partial charge in [-0.3, -0.25) is 4.79 Å². The van der Waals surface area contributed by atoms with Crippen molar-refractivity contribution in [3.63, 3.8) is 0 Å². The second-order valence-corrected chi connectivity index (χ2v) is 8.30. The molecule has 1 amide bonds. The number of benzene rings is 1. The highest BCUT2D eigenvalue weighted by Gasteiger charge is 2.47. The third-order valence-electron chi connectivity index (χ3n) is 6.61. The Balaban J connectivity index is 1.58. The molecule has 3 aliphatic rings. The summed E-state index contributed by atoms with van der Waals surface area (Å²) in [6.45, 7) is 0. The highest BCUT2D eigenvalue weighted by molar-refractivity contribution is 5.98. The number of fused-ring (bicyclic) bond motifs is 1. The van der Waals surface area contributed by atoms with Crippen molar-refractivity contribution in [2.75, 3.05) is 7.11 Å². The number of amides is 1. The second-order valence-electron chi connectivity index (χ2n) is 8.30. The van der Waals surface area contributed by atoms with Crippen molar-refractivity contribution in [3.8, 4) is 11.5 Å². The van der Waals surface area contributed by atoms with E-state index in [1.54, 1.807) is 30.2 Å². The molecule has 1 N–H and O–H groups in total. The molecule has 1 aliphatic heterocycles. The zero-order valence-corrected chi connectivity index (χ0v) is 16.4. The highest BCUT2D eigenvalue weighted by atomic mass is 16.5. The number of hydrogen-bond donors (Lipinski definition) is 1. The topological polar surface area (TPSA) is 76.1 Å². The SMILES string of the molecule is COc1cc(C(=O)N2C(C(=O)O)CC3CCCCC32)ccc1OC1CCCC1. The minimum Gasteiger partial charge on any atom is -0.493 e. The largest absolute Gasteiger partial charge is 0.493 e. The first kappa shape index (κ1) is 19.1. The number of rotatable bonds is 5. The van der Waals surface area contributed by atoms with Crippen LogP contribution in [0.4, 0.5) is 0 Å². The van der Waals surface area contributed by atoms with E-state index in [2.05, 4.69) is 0 Å². The van der Waals surface area contributed by atoms with Gasteiger partial charge < -0.3 is 19.5 Å². The van der Waals surface area contributed by atoms with E-state index in [0.717, 1.165) is 38.5 Å². The Morgan fingerprint density at radius 2 is 1.75 bits per heavy atom. The number of carbonyl (C=O) groups is 2. The molecule has 0 radical (unpaired) electrons. The summed E-state index contributed by atoms with van der Waals surface area (Å²) in [6, 6.07) is 4.52. The summed E-state index contributed by atoms with van der Waals surface area (Å²) in [4.78, 5) is 26.8. The number of ether oxygens (including phenoxy) is 2. The van der Waals surface area contributed by atoms with Gasteiger partial charge in [0.2, 0.25) is 0 Å². The fraction of sp³-hybridized carbons (Fsp3) is 0.636. The van der Waals surface area contributed by atoms with E-state index in [-0.39, 0.29) is 18.1 Å². The fourth-order valence-corrected chi connectivity index (χ4v) is 5.21. The van der Waals surface area contributed by atoms with Crippen molar-refractivity contribution < 1.29 is 24.2 Å². The van der Waals surface area contributed by atoms with Crippen LogP contribution in [0.2, 0.25) is 0 Å². The second kappa shape index (κ2) is 8.02. The lowest BCUT2D eigenvalue weighted by Gasteiger charge is -2.33. The average Bonchev–Trinajstić information content (AvgIpc) is 3.35. The lowest BCUT2D eigenvalue weighted by molar-refractivity contribution is -0.141. The number of carboxylic acid groups (broad SMARTS) is 1. The molecule has 0 bridgehead atoms. The van der Waals surface area contributed by atoms with E-state index in [1.165, 1.54) is 12.8 Å². The Morgan fingerprint density at radius 1 is 1.04 bits per heavy atom. The molecule has 3 unspecified atom stereocenters. The maximum atomic E-state index is 13.3. The zero-order chi connectivity index (χ0) is 19.7. The Labute approximate surface area is 165 Å². The van der Waals surface area contributed by atoms with Crippen LogP contribution in [0, 0.1) is 5.92 Å². The first-order valence-corrected chi connectivity index (χ1v) is 10.5. The van der Waals surface area contributed by atoms with Crippen LogP contribution in [0.25, 0.3) is 0 Å². The van der Waals surface area contributed by atoms with Gasteiger partial charge >= 0.3 is 5.97 Å². The molecule has 3 fully saturated rings.